The van der Waals surface area contributed by atoms with Crippen LogP contribution < -0.4 is 9.47 Å². The van der Waals surface area contributed by atoms with E-state index in [1.165, 1.54) is 17.6 Å². The summed E-state index contributed by atoms with van der Waals surface area (Å²) in [6.45, 7) is 0.316. The van der Waals surface area contributed by atoms with Crippen LogP contribution in [0.15, 0.2) is 78.0 Å². The molecule has 2 heterocycles. The summed E-state index contributed by atoms with van der Waals surface area (Å²) in [7, 11) is -1.63. The zero-order valence-corrected chi connectivity index (χ0v) is 18.6. The maximum atomic E-state index is 11.8. The van der Waals surface area contributed by atoms with Gasteiger partial charge < -0.3 is 9.47 Å². The van der Waals surface area contributed by atoms with Crippen molar-refractivity contribution < 1.29 is 17.9 Å². The van der Waals surface area contributed by atoms with Crippen LogP contribution >= 0.6 is 11.3 Å². The highest BCUT2D eigenvalue weighted by molar-refractivity contribution is 7.90. The van der Waals surface area contributed by atoms with Gasteiger partial charge in [0.25, 0.3) is 0 Å². The topological polar surface area (TPSA) is 78.4 Å². The highest BCUT2D eigenvalue weighted by atomic mass is 32.2. The highest BCUT2D eigenvalue weighted by Crippen LogP contribution is 2.37. The molecule has 0 atom stereocenters. The molecule has 4 rings (SSSR count). The van der Waals surface area contributed by atoms with Crippen LogP contribution in [0.2, 0.25) is 0 Å². The molecule has 0 aliphatic heterocycles. The summed E-state index contributed by atoms with van der Waals surface area (Å²) in [5.41, 5.74) is 2.64. The first kappa shape index (κ1) is 21.0. The third-order valence-electron chi connectivity index (χ3n) is 4.59. The van der Waals surface area contributed by atoms with Gasteiger partial charge in [0.1, 0.15) is 23.1 Å². The van der Waals surface area contributed by atoms with E-state index < -0.39 is 9.84 Å². The molecule has 0 saturated carbocycles. The van der Waals surface area contributed by atoms with E-state index in [1.54, 1.807) is 31.6 Å². The quantitative estimate of drug-likeness (QED) is 0.398. The van der Waals surface area contributed by atoms with E-state index >= 15 is 0 Å². The minimum atomic E-state index is -3.25. The van der Waals surface area contributed by atoms with Crippen molar-refractivity contribution in [2.24, 2.45) is 0 Å². The SMILES string of the molecule is COc1ccc(OCc2nc(-c3ccncc3)c(-c3ccc(S(C)(=O)=O)cc3)s2)cc1. The van der Waals surface area contributed by atoms with Crippen LogP contribution in [0, 0.1) is 0 Å². The predicted molar refractivity (Wildman–Crippen MR) is 121 cm³/mol. The van der Waals surface area contributed by atoms with Crippen molar-refractivity contribution in [3.8, 4) is 33.2 Å². The molecule has 4 aromatic rings. The van der Waals surface area contributed by atoms with Crippen molar-refractivity contribution in [3.63, 3.8) is 0 Å². The summed E-state index contributed by atoms with van der Waals surface area (Å²) in [6, 6.07) is 18.0. The van der Waals surface area contributed by atoms with Gasteiger partial charge in [-0.1, -0.05) is 12.1 Å². The number of thiazole rings is 1. The molecule has 0 amide bonds. The molecule has 31 heavy (non-hydrogen) atoms. The Kier molecular flexibility index (Phi) is 6.01. The predicted octanol–water partition coefficient (Wildman–Crippen LogP) is 4.86. The van der Waals surface area contributed by atoms with Gasteiger partial charge in [-0.15, -0.1) is 11.3 Å². The number of nitrogens with zero attached hydrogens (tertiary/aromatic N) is 2. The third-order valence-corrected chi connectivity index (χ3v) is 6.80. The molecule has 0 fully saturated rings. The van der Waals surface area contributed by atoms with E-state index in [4.69, 9.17) is 14.5 Å². The summed E-state index contributed by atoms with van der Waals surface area (Å²) in [6.07, 6.45) is 4.64. The van der Waals surface area contributed by atoms with Crippen LogP contribution in [0.25, 0.3) is 21.7 Å². The van der Waals surface area contributed by atoms with Crippen molar-refractivity contribution >= 4 is 21.2 Å². The number of sulfone groups is 1. The van der Waals surface area contributed by atoms with Gasteiger partial charge in [0.05, 0.1) is 22.6 Å². The first-order valence-corrected chi connectivity index (χ1v) is 12.1. The zero-order valence-electron chi connectivity index (χ0n) is 17.0. The second-order valence-electron chi connectivity index (χ2n) is 6.78. The molecule has 0 spiro atoms. The van der Waals surface area contributed by atoms with Gasteiger partial charge in [-0.3, -0.25) is 4.98 Å². The van der Waals surface area contributed by atoms with E-state index in [0.29, 0.717) is 6.61 Å². The van der Waals surface area contributed by atoms with Gasteiger partial charge in [-0.2, -0.15) is 0 Å². The number of ether oxygens (including phenoxy) is 2. The lowest BCUT2D eigenvalue weighted by atomic mass is 10.1. The van der Waals surface area contributed by atoms with E-state index in [2.05, 4.69) is 4.98 Å². The molecule has 0 unspecified atom stereocenters. The fraction of sp³-hybridized carbons (Fsp3) is 0.130. The molecule has 158 valence electrons. The van der Waals surface area contributed by atoms with Crippen molar-refractivity contribution in [3.05, 3.63) is 78.1 Å². The molecule has 0 radical (unpaired) electrons. The normalized spacial score (nSPS) is 11.3. The minimum absolute atomic E-state index is 0.286. The van der Waals surface area contributed by atoms with Crippen LogP contribution in [0.3, 0.4) is 0 Å². The van der Waals surface area contributed by atoms with Gasteiger partial charge in [0.15, 0.2) is 9.84 Å². The van der Waals surface area contributed by atoms with Gasteiger partial charge >= 0.3 is 0 Å². The van der Waals surface area contributed by atoms with Crippen molar-refractivity contribution in [2.75, 3.05) is 13.4 Å². The third kappa shape index (κ3) is 4.92. The van der Waals surface area contributed by atoms with E-state index in [1.807, 2.05) is 48.5 Å². The van der Waals surface area contributed by atoms with E-state index in [9.17, 15) is 8.42 Å². The Bertz CT molecular complexity index is 1270. The lowest BCUT2D eigenvalue weighted by molar-refractivity contribution is 0.305. The molecule has 2 aromatic heterocycles. The van der Waals surface area contributed by atoms with Gasteiger partial charge in [0.2, 0.25) is 0 Å². The van der Waals surface area contributed by atoms with E-state index in [-0.39, 0.29) is 4.90 Å². The molecule has 0 aliphatic carbocycles. The number of benzene rings is 2. The summed E-state index contributed by atoms with van der Waals surface area (Å²) < 4.78 is 34.7. The Morgan fingerprint density at radius 2 is 1.52 bits per heavy atom. The van der Waals surface area contributed by atoms with Gasteiger partial charge in [-0.25, -0.2) is 13.4 Å². The number of methoxy groups -OCH3 is 1. The standard InChI is InChI=1S/C23H20N2O4S2/c1-28-18-5-7-19(8-6-18)29-15-21-25-22(16-11-13-24-14-12-16)23(30-21)17-3-9-20(10-4-17)31(2,26)27/h3-14H,15H2,1-2H3. The van der Waals surface area contributed by atoms with Crippen molar-refractivity contribution in [1.29, 1.82) is 0 Å². The van der Waals surface area contributed by atoms with Crippen molar-refractivity contribution in [2.45, 2.75) is 11.5 Å². The smallest absolute Gasteiger partial charge is 0.175 e. The minimum Gasteiger partial charge on any atom is -0.497 e. The largest absolute Gasteiger partial charge is 0.497 e. The maximum Gasteiger partial charge on any atom is 0.175 e. The molecular weight excluding hydrogens is 432 g/mol. The zero-order chi connectivity index (χ0) is 21.8. The highest BCUT2D eigenvalue weighted by Gasteiger charge is 2.16. The molecule has 0 N–H and O–H groups in total. The van der Waals surface area contributed by atoms with Gasteiger partial charge in [0, 0.05) is 24.2 Å². The summed E-state index contributed by atoms with van der Waals surface area (Å²) in [4.78, 5) is 10.1. The van der Waals surface area contributed by atoms with Crippen molar-refractivity contribution in [1.82, 2.24) is 9.97 Å². The average Bonchev–Trinajstić information content (AvgIpc) is 3.22. The number of pyridine rings is 1. The average molecular weight is 453 g/mol. The molecule has 0 saturated heterocycles. The fourth-order valence-electron chi connectivity index (χ4n) is 3.00. The molecule has 8 heteroatoms. The number of hydrogen-bond acceptors (Lipinski definition) is 7. The lowest BCUT2D eigenvalue weighted by Crippen LogP contribution is -1.96. The number of aromatic nitrogens is 2. The molecular formula is C23H20N2O4S2. The molecule has 6 nitrogen and oxygen atoms in total. The van der Waals surface area contributed by atoms with Crippen LogP contribution in [0.4, 0.5) is 0 Å². The Balaban J connectivity index is 1.66. The monoisotopic (exact) mass is 452 g/mol. The fourth-order valence-corrected chi connectivity index (χ4v) is 4.63. The first-order chi connectivity index (χ1) is 14.9. The number of rotatable bonds is 7. The van der Waals surface area contributed by atoms with Gasteiger partial charge in [-0.05, 0) is 54.1 Å². The second kappa shape index (κ2) is 8.87. The summed E-state index contributed by atoms with van der Waals surface area (Å²) in [5, 5.41) is 0.810. The summed E-state index contributed by atoms with van der Waals surface area (Å²) >= 11 is 1.52. The van der Waals surface area contributed by atoms with Crippen LogP contribution in [-0.4, -0.2) is 31.8 Å². The number of hydrogen-bond donors (Lipinski definition) is 0. The Hall–Kier alpha value is -3.23. The van der Waals surface area contributed by atoms with Crippen LogP contribution in [-0.2, 0) is 16.4 Å². The molecule has 2 aromatic carbocycles. The maximum absolute atomic E-state index is 11.8. The Morgan fingerprint density at radius 3 is 2.13 bits per heavy atom. The Labute approximate surface area is 185 Å². The Morgan fingerprint density at radius 1 is 0.871 bits per heavy atom. The summed E-state index contributed by atoms with van der Waals surface area (Å²) in [5.74, 6) is 1.49. The van der Waals surface area contributed by atoms with Crippen LogP contribution in [0.1, 0.15) is 5.01 Å². The molecule has 0 bridgehead atoms. The van der Waals surface area contributed by atoms with E-state index in [0.717, 1.165) is 38.2 Å². The lowest BCUT2D eigenvalue weighted by Gasteiger charge is -2.05. The molecule has 0 aliphatic rings. The first-order valence-electron chi connectivity index (χ1n) is 9.41. The van der Waals surface area contributed by atoms with Crippen LogP contribution in [0.5, 0.6) is 11.5 Å². The second-order valence-corrected chi connectivity index (χ2v) is 9.88.